The molecule has 78 heavy (non-hydrogen) atoms. The topological polar surface area (TPSA) is 156 Å². The highest BCUT2D eigenvalue weighted by Gasteiger charge is 2.22. The van der Waals surface area contributed by atoms with Crippen LogP contribution >= 0.6 is 23.5 Å². The van der Waals surface area contributed by atoms with Crippen molar-refractivity contribution < 1.29 is 19.5 Å². The highest BCUT2D eigenvalue weighted by molar-refractivity contribution is 8.03. The molecule has 1 heterocycles. The largest absolute Gasteiger partial charge is 0.398 e. The van der Waals surface area contributed by atoms with Gasteiger partial charge in [0.25, 0.3) is 11.8 Å². The van der Waals surface area contributed by atoms with Gasteiger partial charge in [0, 0.05) is 87.9 Å². The number of aromatic nitrogens is 2. The van der Waals surface area contributed by atoms with Crippen molar-refractivity contribution >= 4 is 91.6 Å². The minimum Gasteiger partial charge on any atom is -0.398 e. The van der Waals surface area contributed by atoms with Gasteiger partial charge in [0.2, 0.25) is 16.7 Å². The first-order valence-electron chi connectivity index (χ1n) is 27.4. The Kier molecular flexibility index (Phi) is 18.9. The molecule has 0 aliphatic heterocycles. The third-order valence-corrected chi connectivity index (χ3v) is 16.8. The van der Waals surface area contributed by atoms with E-state index in [1.165, 1.54) is 20.9 Å². The van der Waals surface area contributed by atoms with E-state index in [1.807, 2.05) is 122 Å². The summed E-state index contributed by atoms with van der Waals surface area (Å²) in [5.41, 5.74) is 31.2. The van der Waals surface area contributed by atoms with Gasteiger partial charge >= 0.3 is 0 Å². The van der Waals surface area contributed by atoms with Crippen molar-refractivity contribution in [3.63, 3.8) is 0 Å². The van der Waals surface area contributed by atoms with E-state index in [0.29, 0.717) is 24.2 Å². The number of nitrogen functional groups attached to an aromatic ring is 2. The molecular weight excluding hydrogens is 1000 g/mol. The molecule has 0 unspecified atom stereocenters. The van der Waals surface area contributed by atoms with Gasteiger partial charge in [-0.05, 0) is 159 Å². The maximum Gasteiger partial charge on any atom is 0.251 e. The van der Waals surface area contributed by atoms with Crippen LogP contribution in [0.15, 0.2) is 178 Å². The quantitative estimate of drug-likeness (QED) is 0.0140. The van der Waals surface area contributed by atoms with Gasteiger partial charge in [-0.1, -0.05) is 92.4 Å². The predicted molar refractivity (Wildman–Crippen MR) is 328 cm³/mol. The lowest BCUT2D eigenvalue weighted by molar-refractivity contribution is -0.538. The average molecular weight is 1070 g/mol. The normalized spacial score (nSPS) is 12.9. The van der Waals surface area contributed by atoms with Crippen molar-refractivity contribution in [2.75, 3.05) is 36.1 Å². The zero-order valence-electron chi connectivity index (χ0n) is 45.4. The molecule has 1 aliphatic rings. The first-order valence-corrected chi connectivity index (χ1v) is 29.3. The van der Waals surface area contributed by atoms with Gasteiger partial charge in [-0.2, -0.15) is 0 Å². The number of unbranched alkanes of at least 4 members (excludes halogenated alkanes) is 6. The van der Waals surface area contributed by atoms with Crippen LogP contribution < -0.4 is 32.0 Å². The lowest BCUT2D eigenvalue weighted by Gasteiger charge is -2.15. The maximum absolute atomic E-state index is 13.0. The molecule has 8 aromatic rings. The van der Waals surface area contributed by atoms with Gasteiger partial charge in [0.05, 0.1) is 0 Å². The average Bonchev–Trinajstić information content (AvgIpc) is 3.60. The maximum atomic E-state index is 13.0. The number of carbonyl (C=O) groups is 2. The number of quaternary nitrogens is 1. The second-order valence-corrected chi connectivity index (χ2v) is 22.6. The molecular formula is C66H72N8O2S2+2. The van der Waals surface area contributed by atoms with E-state index in [2.05, 4.69) is 107 Å². The number of para-hydroxylation sites is 2. The molecule has 0 spiro atoms. The number of hydrogen-bond acceptors (Lipinski definition) is 8. The second kappa shape index (κ2) is 26.7. The molecule has 0 bridgehead atoms. The minimum atomic E-state index is -0.0633. The number of anilines is 2. The fourth-order valence-corrected chi connectivity index (χ4v) is 11.8. The summed E-state index contributed by atoms with van der Waals surface area (Å²) < 4.78 is 2.28. The van der Waals surface area contributed by atoms with E-state index < -0.39 is 0 Å². The molecule has 0 atom stereocenters. The minimum absolute atomic E-state index is 0.0588. The van der Waals surface area contributed by atoms with Gasteiger partial charge in [-0.3, -0.25) is 14.9 Å². The zero-order valence-corrected chi connectivity index (χ0v) is 47.0. The number of allylic oxidation sites excluding steroid dienone is 3. The number of nitrogens with one attached hydrogen (secondary N) is 2. The summed E-state index contributed by atoms with van der Waals surface area (Å²) in [6.07, 6.45) is 13.8. The molecule has 10 nitrogen and oxygen atoms in total. The molecule has 2 amide bonds. The van der Waals surface area contributed by atoms with Crippen LogP contribution in [0.2, 0.25) is 0 Å². The van der Waals surface area contributed by atoms with Crippen LogP contribution in [0.25, 0.3) is 38.9 Å². The summed E-state index contributed by atoms with van der Waals surface area (Å²) in [5, 5.41) is 8.34. The summed E-state index contributed by atoms with van der Waals surface area (Å²) >= 11 is 3.81. The van der Waals surface area contributed by atoms with E-state index in [9.17, 15) is 9.59 Å². The molecule has 0 saturated carbocycles. The number of rotatable bonds is 23. The third kappa shape index (κ3) is 14.3. The van der Waals surface area contributed by atoms with Crippen LogP contribution in [0.4, 0.5) is 28.4 Å². The van der Waals surface area contributed by atoms with Crippen LogP contribution in [0.3, 0.4) is 0 Å². The van der Waals surface area contributed by atoms with E-state index in [-0.39, 0.29) is 11.8 Å². The number of nitrogens with zero attached hydrogens (tertiary/aromatic N) is 3. The summed E-state index contributed by atoms with van der Waals surface area (Å²) in [6, 6.07) is 48.8. The Morgan fingerprint density at radius 1 is 0.603 bits per heavy atom. The highest BCUT2D eigenvalue weighted by atomic mass is 32.2. The molecule has 12 heteroatoms. The van der Waals surface area contributed by atoms with Crippen molar-refractivity contribution in [3.05, 3.63) is 196 Å². The number of aryl methyl sites for hydroxylation is 3. The molecule has 0 radical (unpaired) electrons. The molecule has 1 aromatic heterocycles. The highest BCUT2D eigenvalue weighted by Crippen LogP contribution is 2.34. The Morgan fingerprint density at radius 2 is 1.14 bits per heavy atom. The lowest BCUT2D eigenvalue weighted by atomic mass is 10.0. The summed E-state index contributed by atoms with van der Waals surface area (Å²) in [6.45, 7) is 9.69. The number of amides is 2. The van der Waals surface area contributed by atoms with Crippen molar-refractivity contribution in [2.45, 2.75) is 90.4 Å². The van der Waals surface area contributed by atoms with Gasteiger partial charge < -0.3 is 22.1 Å². The SMILES string of the molecule is CC1=CC(=Nc2cc(C)c(N)cc2[NH2+]c2ccccc2)CC=C1SCCCCCCNC(=O)c1ccc(-c2ccc(C(=O)NCCCCCCSc3cc4c(cc3C)nc3cc(C)c(N)cc3[n+]4-c3ccccc3)cc2)cc1. The number of aliphatic imine (C=N–C) groups is 1. The predicted octanol–water partition coefficient (Wildman–Crippen LogP) is 14.1. The Labute approximate surface area is 468 Å². The van der Waals surface area contributed by atoms with Crippen LogP contribution in [0.1, 0.15) is 102 Å². The number of fused-ring (bicyclic) bond motifs is 2. The molecule has 0 fully saturated rings. The first kappa shape index (κ1) is 55.3. The molecule has 8 N–H and O–H groups in total. The number of hydrogen-bond donors (Lipinski definition) is 5. The molecule has 9 rings (SSSR count). The second-order valence-electron chi connectivity index (χ2n) is 20.3. The van der Waals surface area contributed by atoms with Crippen LogP contribution in [0, 0.1) is 20.8 Å². The Bertz CT molecular complexity index is 3500. The van der Waals surface area contributed by atoms with E-state index >= 15 is 0 Å². The van der Waals surface area contributed by atoms with Gasteiger partial charge in [-0.25, -0.2) is 9.98 Å². The van der Waals surface area contributed by atoms with E-state index in [4.69, 9.17) is 21.4 Å². The van der Waals surface area contributed by atoms with Crippen LogP contribution in [-0.2, 0) is 0 Å². The summed E-state index contributed by atoms with van der Waals surface area (Å²) in [5.74, 6) is 1.96. The number of nitrogens with two attached hydrogens (primary N) is 3. The van der Waals surface area contributed by atoms with Crippen LogP contribution in [0.5, 0.6) is 0 Å². The van der Waals surface area contributed by atoms with Crippen molar-refractivity contribution in [2.24, 2.45) is 4.99 Å². The van der Waals surface area contributed by atoms with Gasteiger partial charge in [0.15, 0.2) is 5.69 Å². The standard InChI is InChI=1S/C66H70N8O2S2/c1-44-38-57(58(41-55(44)67)71-52-19-11-9-12-20-52)72-53-31-32-63(46(3)37-53)77-35-17-7-5-15-33-69-65(75)50-27-23-48(24-28-50)49-25-29-51(30-26-49)66(76)70-34-16-6-8-18-36-78-64-43-62-60(40-47(64)4)73-59-39-45(2)56(68)42-61(59)74(62)54-21-13-10-14-22-54/h9-14,19-30,32,37-43,68,71H,5-8,15-18,31,33-36,67H2,1-4H3,(H2,69,70,75,76)/p+2. The smallest absolute Gasteiger partial charge is 0.251 e. The number of carbonyl (C=O) groups excluding carboxylic acids is 2. The van der Waals surface area contributed by atoms with E-state index in [1.54, 1.807) is 0 Å². The lowest BCUT2D eigenvalue weighted by Crippen LogP contribution is -2.71. The van der Waals surface area contributed by atoms with E-state index in [0.717, 1.165) is 153 Å². The molecule has 398 valence electrons. The number of thioether (sulfide) groups is 2. The monoisotopic (exact) mass is 1070 g/mol. The zero-order chi connectivity index (χ0) is 54.4. The molecule has 1 aliphatic carbocycles. The Morgan fingerprint density at radius 3 is 1.76 bits per heavy atom. The molecule has 7 aromatic carbocycles. The fourth-order valence-electron chi connectivity index (χ4n) is 9.74. The summed E-state index contributed by atoms with van der Waals surface area (Å²) in [7, 11) is 0. The third-order valence-electron chi connectivity index (χ3n) is 14.3. The fraction of sp³-hybridized carbons (Fsp3) is 0.258. The van der Waals surface area contributed by atoms with Gasteiger partial charge in [-0.15, -0.1) is 28.1 Å². The summed E-state index contributed by atoms with van der Waals surface area (Å²) in [4.78, 5) is 38.7. The number of benzene rings is 7. The van der Waals surface area contributed by atoms with Crippen molar-refractivity contribution in [3.8, 4) is 16.8 Å². The van der Waals surface area contributed by atoms with Crippen LogP contribution in [-0.4, -0.2) is 47.1 Å². The van der Waals surface area contributed by atoms with Crippen molar-refractivity contribution in [1.29, 1.82) is 0 Å². The molecule has 0 saturated heterocycles. The van der Waals surface area contributed by atoms with Crippen molar-refractivity contribution in [1.82, 2.24) is 15.6 Å². The van der Waals surface area contributed by atoms with Gasteiger partial charge in [0.1, 0.15) is 22.4 Å². The first-order chi connectivity index (χ1) is 38.0. The Balaban J connectivity index is 0.639. The Hall–Kier alpha value is -7.51.